The minimum absolute atomic E-state index is 0.0239. The fourth-order valence-corrected chi connectivity index (χ4v) is 2.37. The molecule has 0 saturated carbocycles. The molecule has 1 radical (unpaired) electrons. The Bertz CT molecular complexity index is 830. The van der Waals surface area contributed by atoms with Crippen molar-refractivity contribution in [2.45, 2.75) is 13.0 Å². The van der Waals surface area contributed by atoms with Gasteiger partial charge in [0.05, 0.1) is 0 Å². The van der Waals surface area contributed by atoms with Crippen molar-refractivity contribution in [3.63, 3.8) is 0 Å². The molecule has 3 rings (SSSR count). The molecule has 0 aromatic heterocycles. The number of hydrogen-bond donors (Lipinski definition) is 0. The summed E-state index contributed by atoms with van der Waals surface area (Å²) in [6.07, 6.45) is 0.212. The minimum atomic E-state index is -2.47. The molecule has 3 aromatic carbocycles. The van der Waals surface area contributed by atoms with Crippen molar-refractivity contribution < 1.29 is 13.6 Å². The molecule has 0 spiro atoms. The summed E-state index contributed by atoms with van der Waals surface area (Å²) in [6.45, 7) is 0.308. The van der Waals surface area contributed by atoms with Crippen LogP contribution in [0.5, 0.6) is 0 Å². The molecule has 0 heterocycles. The van der Waals surface area contributed by atoms with E-state index in [1.54, 1.807) is 0 Å². The maximum Gasteiger partial charge on any atom is 0.263 e. The molecular weight excluding hydrogens is 320 g/mol. The van der Waals surface area contributed by atoms with E-state index in [0.717, 1.165) is 16.7 Å². The number of rotatable bonds is 6. The predicted octanol–water partition coefficient (Wildman–Crippen LogP) is 5.72. The van der Waals surface area contributed by atoms with Crippen LogP contribution in [-0.4, -0.2) is 6.21 Å². The highest BCUT2D eigenvalue weighted by Gasteiger charge is 2.05. The van der Waals surface area contributed by atoms with E-state index < -0.39 is 6.43 Å². The Morgan fingerprint density at radius 1 is 0.840 bits per heavy atom. The lowest BCUT2D eigenvalue weighted by Gasteiger charge is -2.05. The molecule has 0 saturated heterocycles. The number of halogens is 2. The van der Waals surface area contributed by atoms with Crippen LogP contribution in [-0.2, 0) is 11.4 Å². The van der Waals surface area contributed by atoms with Gasteiger partial charge in [0.2, 0.25) is 0 Å². The molecule has 0 atom stereocenters. The summed E-state index contributed by atoms with van der Waals surface area (Å²) in [4.78, 5) is 5.26. The van der Waals surface area contributed by atoms with E-state index in [-0.39, 0.29) is 5.56 Å². The van der Waals surface area contributed by atoms with Gasteiger partial charge < -0.3 is 4.84 Å². The van der Waals surface area contributed by atoms with Crippen LogP contribution < -0.4 is 0 Å². The molecule has 0 aliphatic rings. The standard InChI is InChI=1S/C21H16F2NO/c22-21(23)19-11-9-16(10-12-19)14-24-25-15-17-5-4-8-20(13-17)18-6-2-1-3-7-18/h1-13,21H,15H2. The minimum Gasteiger partial charge on any atom is -0.390 e. The van der Waals surface area contributed by atoms with Gasteiger partial charge in [0.1, 0.15) is 12.8 Å². The van der Waals surface area contributed by atoms with Crippen molar-refractivity contribution in [3.05, 3.63) is 95.6 Å². The summed E-state index contributed by atoms with van der Waals surface area (Å²) in [5.74, 6) is 0. The van der Waals surface area contributed by atoms with Crippen LogP contribution in [0.1, 0.15) is 23.1 Å². The van der Waals surface area contributed by atoms with Crippen molar-refractivity contribution >= 4 is 6.21 Å². The molecule has 2 nitrogen and oxygen atoms in total. The molecule has 0 aliphatic heterocycles. The Morgan fingerprint density at radius 3 is 2.28 bits per heavy atom. The topological polar surface area (TPSA) is 21.6 Å². The summed E-state index contributed by atoms with van der Waals surface area (Å²) >= 11 is 0. The Hall–Kier alpha value is -3.01. The summed E-state index contributed by atoms with van der Waals surface area (Å²) in [7, 11) is 0. The van der Waals surface area contributed by atoms with Crippen molar-refractivity contribution in [1.29, 1.82) is 0 Å². The molecule has 0 amide bonds. The molecule has 0 fully saturated rings. The smallest absolute Gasteiger partial charge is 0.263 e. The zero-order valence-corrected chi connectivity index (χ0v) is 13.4. The highest BCUT2D eigenvalue weighted by molar-refractivity contribution is 5.79. The average molecular weight is 336 g/mol. The van der Waals surface area contributed by atoms with E-state index in [9.17, 15) is 8.78 Å². The third kappa shape index (κ3) is 4.73. The third-order valence-electron chi connectivity index (χ3n) is 3.67. The first-order chi connectivity index (χ1) is 12.2. The number of hydrogen-bond acceptors (Lipinski definition) is 2. The van der Waals surface area contributed by atoms with E-state index in [1.807, 2.05) is 42.5 Å². The van der Waals surface area contributed by atoms with Gasteiger partial charge in [0.25, 0.3) is 6.43 Å². The first kappa shape index (κ1) is 16.8. The second-order valence-electron chi connectivity index (χ2n) is 5.47. The van der Waals surface area contributed by atoms with Crippen molar-refractivity contribution in [2.24, 2.45) is 5.16 Å². The van der Waals surface area contributed by atoms with Gasteiger partial charge in [-0.2, -0.15) is 0 Å². The van der Waals surface area contributed by atoms with E-state index in [2.05, 4.69) is 23.5 Å². The Labute approximate surface area is 145 Å². The maximum absolute atomic E-state index is 12.5. The van der Waals surface area contributed by atoms with Gasteiger partial charge in [0, 0.05) is 11.1 Å². The first-order valence-corrected chi connectivity index (χ1v) is 7.83. The van der Waals surface area contributed by atoms with Crippen LogP contribution in [0.3, 0.4) is 0 Å². The van der Waals surface area contributed by atoms with Gasteiger partial charge in [-0.1, -0.05) is 78.0 Å². The Morgan fingerprint density at radius 2 is 1.56 bits per heavy atom. The van der Waals surface area contributed by atoms with Crippen LogP contribution in [0, 0.1) is 0 Å². The highest BCUT2D eigenvalue weighted by Crippen LogP contribution is 2.20. The molecular formula is C21H16F2NO. The lowest BCUT2D eigenvalue weighted by Crippen LogP contribution is -1.90. The van der Waals surface area contributed by atoms with Gasteiger partial charge in [-0.25, -0.2) is 8.78 Å². The highest BCUT2D eigenvalue weighted by atomic mass is 19.3. The van der Waals surface area contributed by atoms with E-state index in [0.29, 0.717) is 12.2 Å². The maximum atomic E-state index is 12.5. The normalized spacial score (nSPS) is 11.2. The van der Waals surface area contributed by atoms with Gasteiger partial charge >= 0.3 is 0 Å². The molecule has 125 valence electrons. The van der Waals surface area contributed by atoms with Crippen LogP contribution >= 0.6 is 0 Å². The molecule has 0 N–H and O–H groups in total. The van der Waals surface area contributed by atoms with Gasteiger partial charge in [-0.15, -0.1) is 0 Å². The van der Waals surface area contributed by atoms with Crippen LogP contribution in [0.25, 0.3) is 11.1 Å². The quantitative estimate of drug-likeness (QED) is 0.417. The van der Waals surface area contributed by atoms with E-state index in [4.69, 9.17) is 4.84 Å². The first-order valence-electron chi connectivity index (χ1n) is 7.83. The Kier molecular flexibility index (Phi) is 5.52. The average Bonchev–Trinajstić information content (AvgIpc) is 2.66. The SMILES string of the molecule is FC(F)c1ccc(/[C]=N\OCc2cccc(-c3ccccc3)c2)cc1. The van der Waals surface area contributed by atoms with Crippen LogP contribution in [0.2, 0.25) is 0 Å². The molecule has 0 unspecified atom stereocenters. The number of benzene rings is 3. The van der Waals surface area contributed by atoms with E-state index >= 15 is 0 Å². The predicted molar refractivity (Wildman–Crippen MR) is 94.6 cm³/mol. The summed E-state index contributed by atoms with van der Waals surface area (Å²) in [5.41, 5.74) is 3.79. The number of nitrogens with zero attached hydrogens (tertiary/aromatic N) is 1. The van der Waals surface area contributed by atoms with Crippen LogP contribution in [0.15, 0.2) is 84.0 Å². The molecule has 3 aromatic rings. The molecule has 4 heteroatoms. The lowest BCUT2D eigenvalue weighted by atomic mass is 10.0. The molecule has 0 aliphatic carbocycles. The third-order valence-corrected chi connectivity index (χ3v) is 3.67. The molecule has 0 bridgehead atoms. The lowest BCUT2D eigenvalue weighted by molar-refractivity contribution is 0.132. The second kappa shape index (κ2) is 8.20. The summed E-state index contributed by atoms with van der Waals surface area (Å²) in [6, 6.07) is 23.9. The summed E-state index contributed by atoms with van der Waals surface area (Å²) < 4.78 is 25.0. The van der Waals surface area contributed by atoms with Gasteiger partial charge in [-0.05, 0) is 22.8 Å². The van der Waals surface area contributed by atoms with Gasteiger partial charge in [-0.3, -0.25) is 0 Å². The fraction of sp³-hybridized carbons (Fsp3) is 0.0952. The van der Waals surface area contributed by atoms with Crippen molar-refractivity contribution in [3.8, 4) is 11.1 Å². The summed E-state index contributed by atoms with van der Waals surface area (Å²) in [5, 5.41) is 3.78. The Balaban J connectivity index is 1.58. The second-order valence-corrected chi connectivity index (χ2v) is 5.47. The van der Waals surface area contributed by atoms with Crippen molar-refractivity contribution in [2.75, 3.05) is 0 Å². The zero-order valence-electron chi connectivity index (χ0n) is 13.4. The monoisotopic (exact) mass is 336 g/mol. The number of alkyl halides is 2. The van der Waals surface area contributed by atoms with Crippen molar-refractivity contribution in [1.82, 2.24) is 0 Å². The largest absolute Gasteiger partial charge is 0.390 e. The van der Waals surface area contributed by atoms with Gasteiger partial charge in [0.15, 0.2) is 0 Å². The fourth-order valence-electron chi connectivity index (χ4n) is 2.37. The van der Waals surface area contributed by atoms with E-state index in [1.165, 1.54) is 24.3 Å². The van der Waals surface area contributed by atoms with Crippen LogP contribution in [0.4, 0.5) is 8.78 Å². The zero-order chi connectivity index (χ0) is 17.5. The molecule has 25 heavy (non-hydrogen) atoms.